The number of carbonyl (C=O) groups is 1. The Morgan fingerprint density at radius 1 is 1.22 bits per heavy atom. The van der Waals surface area contributed by atoms with Crippen molar-refractivity contribution in [3.05, 3.63) is 97.8 Å². The molecule has 36 heavy (non-hydrogen) atoms. The van der Waals surface area contributed by atoms with Crippen LogP contribution in [0.4, 0.5) is 5.69 Å². The molecule has 0 aliphatic heterocycles. The summed E-state index contributed by atoms with van der Waals surface area (Å²) >= 11 is 7.10. The fourth-order valence-electron chi connectivity index (χ4n) is 3.25. The van der Waals surface area contributed by atoms with Crippen molar-refractivity contribution in [3.63, 3.8) is 0 Å². The summed E-state index contributed by atoms with van der Waals surface area (Å²) in [5.74, 6) is 0.0679. The maximum absolute atomic E-state index is 13.3. The molecule has 0 fully saturated rings. The molecule has 0 atom stereocenters. The largest absolute Gasteiger partial charge is 0.497 e. The molecule has 1 N–H and O–H groups in total. The summed E-state index contributed by atoms with van der Waals surface area (Å²) in [5, 5.41) is 15.8. The minimum atomic E-state index is -0.554. The number of hydrogen-bond acceptors (Lipinski definition) is 8. The van der Waals surface area contributed by atoms with E-state index in [2.05, 4.69) is 15.5 Å². The molecule has 1 aromatic heterocycles. The van der Waals surface area contributed by atoms with E-state index in [0.717, 1.165) is 11.8 Å². The second kappa shape index (κ2) is 11.0. The van der Waals surface area contributed by atoms with Gasteiger partial charge in [0, 0.05) is 22.7 Å². The Labute approximate surface area is 213 Å². The third kappa shape index (κ3) is 5.53. The number of hydrogen-bond donors (Lipinski definition) is 1. The van der Waals surface area contributed by atoms with Gasteiger partial charge in [0.05, 0.1) is 40.6 Å². The molecule has 0 unspecified atom stereocenters. The summed E-state index contributed by atoms with van der Waals surface area (Å²) in [6.45, 7) is 0. The van der Waals surface area contributed by atoms with E-state index in [1.54, 1.807) is 55.6 Å². The Morgan fingerprint density at radius 2 is 1.97 bits per heavy atom. The molecule has 4 rings (SSSR count). The average Bonchev–Trinajstić information content (AvgIpc) is 2.88. The van der Waals surface area contributed by atoms with Gasteiger partial charge in [-0.05, 0) is 42.5 Å². The number of para-hydroxylation sites is 1. The highest BCUT2D eigenvalue weighted by Crippen LogP contribution is 2.23. The third-order valence-corrected chi connectivity index (χ3v) is 6.27. The number of aromatic nitrogens is 2. The van der Waals surface area contributed by atoms with Crippen LogP contribution in [-0.2, 0) is 4.79 Å². The molecule has 4 aromatic rings. The van der Waals surface area contributed by atoms with Crippen molar-refractivity contribution in [2.24, 2.45) is 5.10 Å². The van der Waals surface area contributed by atoms with Gasteiger partial charge in [0.15, 0.2) is 5.16 Å². The minimum Gasteiger partial charge on any atom is -0.497 e. The Hall–Kier alpha value is -4.22. The standard InChI is InChI=1S/C24H18ClN5O5S/c1-35-18-9-6-16(7-10-18)29-23(32)19-4-2-3-5-21(19)27-24(29)36-14-22(31)28-26-13-15-12-17(30(33)34)8-11-20(15)25/h2-13H,14H2,1H3,(H,28,31)/b26-13+. The number of halogens is 1. The Morgan fingerprint density at radius 3 is 2.69 bits per heavy atom. The molecule has 182 valence electrons. The van der Waals surface area contributed by atoms with Gasteiger partial charge >= 0.3 is 0 Å². The lowest BCUT2D eigenvalue weighted by Gasteiger charge is -2.13. The zero-order chi connectivity index (χ0) is 25.7. The number of fused-ring (bicyclic) bond motifs is 1. The van der Waals surface area contributed by atoms with E-state index in [1.165, 1.54) is 29.0 Å². The van der Waals surface area contributed by atoms with Gasteiger partial charge in [0.25, 0.3) is 17.2 Å². The highest BCUT2D eigenvalue weighted by Gasteiger charge is 2.15. The van der Waals surface area contributed by atoms with E-state index in [0.29, 0.717) is 27.5 Å². The van der Waals surface area contributed by atoms with Crippen LogP contribution in [0.2, 0.25) is 5.02 Å². The predicted molar refractivity (Wildman–Crippen MR) is 138 cm³/mol. The van der Waals surface area contributed by atoms with Crippen molar-refractivity contribution < 1.29 is 14.5 Å². The first-order chi connectivity index (χ1) is 17.4. The van der Waals surface area contributed by atoms with Gasteiger partial charge in [-0.25, -0.2) is 10.4 Å². The van der Waals surface area contributed by atoms with E-state index < -0.39 is 10.8 Å². The van der Waals surface area contributed by atoms with Gasteiger partial charge in [-0.2, -0.15) is 5.10 Å². The van der Waals surface area contributed by atoms with Crippen LogP contribution in [0.3, 0.4) is 0 Å². The maximum atomic E-state index is 13.3. The van der Waals surface area contributed by atoms with E-state index >= 15 is 0 Å². The van der Waals surface area contributed by atoms with Gasteiger partial charge in [0.2, 0.25) is 0 Å². The molecule has 0 aliphatic rings. The van der Waals surface area contributed by atoms with Gasteiger partial charge in [-0.3, -0.25) is 24.3 Å². The van der Waals surface area contributed by atoms with Gasteiger partial charge in [-0.1, -0.05) is 35.5 Å². The van der Waals surface area contributed by atoms with Crippen LogP contribution < -0.4 is 15.7 Å². The topological polar surface area (TPSA) is 129 Å². The fraction of sp³-hybridized carbons (Fsp3) is 0.0833. The van der Waals surface area contributed by atoms with Crippen LogP contribution in [0.1, 0.15) is 5.56 Å². The molecule has 0 saturated carbocycles. The summed E-state index contributed by atoms with van der Waals surface area (Å²) in [6.07, 6.45) is 1.22. The molecule has 0 spiro atoms. The first-order valence-electron chi connectivity index (χ1n) is 10.4. The second-order valence-electron chi connectivity index (χ2n) is 7.29. The number of nitro groups is 1. The Bertz CT molecular complexity index is 1540. The van der Waals surface area contributed by atoms with Gasteiger partial charge < -0.3 is 4.74 Å². The number of benzene rings is 3. The highest BCUT2D eigenvalue weighted by atomic mass is 35.5. The number of nitro benzene ring substituents is 1. The number of rotatable bonds is 8. The van der Waals surface area contributed by atoms with Crippen LogP contribution >= 0.6 is 23.4 Å². The number of ether oxygens (including phenoxy) is 1. The normalized spacial score (nSPS) is 11.1. The van der Waals surface area contributed by atoms with Crippen LogP contribution in [-0.4, -0.2) is 39.5 Å². The molecule has 0 aliphatic carbocycles. The van der Waals surface area contributed by atoms with E-state index in [9.17, 15) is 19.7 Å². The number of methoxy groups -OCH3 is 1. The van der Waals surface area contributed by atoms with Crippen molar-refractivity contribution in [3.8, 4) is 11.4 Å². The summed E-state index contributed by atoms with van der Waals surface area (Å²) in [5.41, 5.74) is 3.29. The zero-order valence-electron chi connectivity index (χ0n) is 18.8. The first kappa shape index (κ1) is 24.9. The van der Waals surface area contributed by atoms with Crippen molar-refractivity contribution in [1.82, 2.24) is 15.0 Å². The van der Waals surface area contributed by atoms with Gasteiger partial charge in [-0.15, -0.1) is 0 Å². The Kier molecular flexibility index (Phi) is 7.62. The average molecular weight is 524 g/mol. The minimum absolute atomic E-state index is 0.0963. The molecular weight excluding hydrogens is 506 g/mol. The Balaban J connectivity index is 1.55. The summed E-state index contributed by atoms with van der Waals surface area (Å²) in [7, 11) is 1.55. The van der Waals surface area contributed by atoms with Crippen LogP contribution in [0.15, 0.2) is 81.8 Å². The van der Waals surface area contributed by atoms with Crippen molar-refractivity contribution in [2.75, 3.05) is 12.9 Å². The van der Waals surface area contributed by atoms with E-state index in [1.807, 2.05) is 0 Å². The maximum Gasteiger partial charge on any atom is 0.270 e. The molecule has 3 aromatic carbocycles. The third-order valence-electron chi connectivity index (χ3n) is 4.99. The van der Waals surface area contributed by atoms with Crippen molar-refractivity contribution >= 4 is 52.1 Å². The molecule has 1 heterocycles. The number of hydrazone groups is 1. The summed E-state index contributed by atoms with van der Waals surface area (Å²) < 4.78 is 6.63. The zero-order valence-corrected chi connectivity index (χ0v) is 20.3. The number of amides is 1. The molecule has 0 radical (unpaired) electrons. The van der Waals surface area contributed by atoms with E-state index in [4.69, 9.17) is 16.3 Å². The fourth-order valence-corrected chi connectivity index (χ4v) is 4.22. The number of thioether (sulfide) groups is 1. The van der Waals surface area contributed by atoms with Crippen LogP contribution in [0.25, 0.3) is 16.6 Å². The molecule has 12 heteroatoms. The molecule has 10 nitrogen and oxygen atoms in total. The summed E-state index contributed by atoms with van der Waals surface area (Å²) in [4.78, 5) is 40.7. The molecule has 1 amide bonds. The second-order valence-corrected chi connectivity index (χ2v) is 8.64. The number of carbonyl (C=O) groups excluding carboxylic acids is 1. The lowest BCUT2D eigenvalue weighted by Crippen LogP contribution is -2.24. The van der Waals surface area contributed by atoms with E-state index in [-0.39, 0.29) is 27.6 Å². The van der Waals surface area contributed by atoms with Crippen LogP contribution in [0, 0.1) is 10.1 Å². The number of non-ortho nitro benzene ring substituents is 1. The van der Waals surface area contributed by atoms with Gasteiger partial charge in [0.1, 0.15) is 5.75 Å². The molecule has 0 bridgehead atoms. The number of nitrogens with one attached hydrogen (secondary N) is 1. The predicted octanol–water partition coefficient (Wildman–Crippen LogP) is 4.20. The van der Waals surface area contributed by atoms with Crippen LogP contribution in [0.5, 0.6) is 5.75 Å². The van der Waals surface area contributed by atoms with Crippen molar-refractivity contribution in [2.45, 2.75) is 5.16 Å². The molecular formula is C24H18ClN5O5S. The van der Waals surface area contributed by atoms with Crippen molar-refractivity contribution in [1.29, 1.82) is 0 Å². The lowest BCUT2D eigenvalue weighted by molar-refractivity contribution is -0.384. The monoisotopic (exact) mass is 523 g/mol. The smallest absolute Gasteiger partial charge is 0.270 e. The lowest BCUT2D eigenvalue weighted by atomic mass is 10.2. The first-order valence-corrected chi connectivity index (χ1v) is 11.8. The number of nitrogens with zero attached hydrogens (tertiary/aromatic N) is 4. The SMILES string of the molecule is COc1ccc(-n2c(SCC(=O)N/N=C/c3cc([N+](=O)[O-])ccc3Cl)nc3ccccc3c2=O)cc1. The summed E-state index contributed by atoms with van der Waals surface area (Å²) in [6, 6.07) is 17.8. The highest BCUT2D eigenvalue weighted by molar-refractivity contribution is 7.99. The molecule has 0 saturated heterocycles. The quantitative estimate of drug-likeness (QED) is 0.120.